The second kappa shape index (κ2) is 7.75. The Morgan fingerprint density at radius 3 is 2.78 bits per heavy atom. The van der Waals surface area contributed by atoms with E-state index in [9.17, 15) is 9.59 Å². The van der Waals surface area contributed by atoms with Gasteiger partial charge in [-0.1, -0.05) is 6.42 Å². The van der Waals surface area contributed by atoms with Gasteiger partial charge in [0.15, 0.2) is 6.61 Å². The van der Waals surface area contributed by atoms with Crippen molar-refractivity contribution < 1.29 is 13.9 Å². The van der Waals surface area contributed by atoms with Crippen LogP contribution in [0.5, 0.6) is 5.75 Å². The molecule has 5 heteroatoms. The summed E-state index contributed by atoms with van der Waals surface area (Å²) in [6.45, 7) is 2.92. The Balaban J connectivity index is 1.53. The minimum atomic E-state index is -0.227. The summed E-state index contributed by atoms with van der Waals surface area (Å²) in [7, 11) is 0. The van der Waals surface area contributed by atoms with Gasteiger partial charge in [-0.3, -0.25) is 4.79 Å². The number of rotatable bonds is 3. The lowest BCUT2D eigenvalue weighted by molar-refractivity contribution is -0.136. The summed E-state index contributed by atoms with van der Waals surface area (Å²) in [4.78, 5) is 26.7. The first-order valence-electron chi connectivity index (χ1n) is 10.1. The van der Waals surface area contributed by atoms with Crippen LogP contribution in [0, 0.1) is 0 Å². The lowest BCUT2D eigenvalue weighted by Crippen LogP contribution is -2.44. The molecule has 5 nitrogen and oxygen atoms in total. The fourth-order valence-corrected chi connectivity index (χ4v) is 4.39. The van der Waals surface area contributed by atoms with Crippen LogP contribution in [0.1, 0.15) is 56.6 Å². The van der Waals surface area contributed by atoms with Gasteiger partial charge < -0.3 is 14.1 Å². The molecule has 0 saturated carbocycles. The molecule has 0 N–H and O–H groups in total. The first kappa shape index (κ1) is 18.1. The largest absolute Gasteiger partial charge is 0.484 e. The van der Waals surface area contributed by atoms with Crippen LogP contribution < -0.4 is 10.4 Å². The van der Waals surface area contributed by atoms with Gasteiger partial charge in [-0.2, -0.15) is 0 Å². The van der Waals surface area contributed by atoms with Gasteiger partial charge in [0.1, 0.15) is 11.3 Å². The topological polar surface area (TPSA) is 59.8 Å². The van der Waals surface area contributed by atoms with E-state index in [0.29, 0.717) is 11.3 Å². The van der Waals surface area contributed by atoms with E-state index in [4.69, 9.17) is 9.15 Å². The normalized spacial score (nSPS) is 20.2. The molecule has 2 heterocycles. The van der Waals surface area contributed by atoms with Gasteiger partial charge in [0, 0.05) is 29.6 Å². The van der Waals surface area contributed by atoms with E-state index in [1.165, 1.54) is 6.42 Å². The molecule has 1 unspecified atom stereocenters. The lowest BCUT2D eigenvalue weighted by atomic mass is 10.0. The highest BCUT2D eigenvalue weighted by Gasteiger charge is 2.23. The lowest BCUT2D eigenvalue weighted by Gasteiger charge is -2.33. The van der Waals surface area contributed by atoms with E-state index in [1.54, 1.807) is 6.07 Å². The number of carbonyl (C=O) groups is 1. The summed E-state index contributed by atoms with van der Waals surface area (Å²) in [6.07, 6.45) is 8.30. The molecule has 1 aliphatic carbocycles. The van der Waals surface area contributed by atoms with E-state index in [0.717, 1.165) is 68.0 Å². The minimum Gasteiger partial charge on any atom is -0.484 e. The average molecular weight is 369 g/mol. The Kier molecular flexibility index (Phi) is 5.19. The second-order valence-corrected chi connectivity index (χ2v) is 7.79. The quantitative estimate of drug-likeness (QED) is 0.609. The van der Waals surface area contributed by atoms with Gasteiger partial charge in [0.2, 0.25) is 0 Å². The molecule has 0 bridgehead atoms. The number of amides is 1. The maximum Gasteiger partial charge on any atom is 0.339 e. The van der Waals surface area contributed by atoms with Crippen molar-refractivity contribution in [2.75, 3.05) is 13.2 Å². The number of hydrogen-bond acceptors (Lipinski definition) is 4. The standard InChI is InChI=1S/C22H27NO4/c1-15-7-5-6-12-23(15)21(24)14-26-16-10-11-18-17-8-3-2-4-9-19(17)22(25)27-20(18)13-16/h10-11,13,15H,2-9,12,14H2,1H3. The number of hydrogen-bond donors (Lipinski definition) is 0. The maximum atomic E-state index is 12.5. The SMILES string of the molecule is CC1CCCCN1C(=O)COc1ccc2c3c(c(=O)oc2c1)CCCCC3. The number of ether oxygens (including phenoxy) is 1. The molecule has 144 valence electrons. The van der Waals surface area contributed by atoms with Crippen molar-refractivity contribution in [3.8, 4) is 5.75 Å². The van der Waals surface area contributed by atoms with Gasteiger partial charge in [-0.15, -0.1) is 0 Å². The zero-order valence-corrected chi connectivity index (χ0v) is 16.0. The molecule has 1 fully saturated rings. The number of aryl methyl sites for hydroxylation is 1. The first-order valence-corrected chi connectivity index (χ1v) is 10.1. The van der Waals surface area contributed by atoms with Crippen LogP contribution in [0.2, 0.25) is 0 Å². The number of nitrogens with zero attached hydrogens (tertiary/aromatic N) is 1. The molecule has 1 aliphatic heterocycles. The fourth-order valence-electron chi connectivity index (χ4n) is 4.39. The van der Waals surface area contributed by atoms with Crippen LogP contribution in [0.4, 0.5) is 0 Å². The van der Waals surface area contributed by atoms with Crippen LogP contribution >= 0.6 is 0 Å². The number of fused-ring (bicyclic) bond motifs is 3. The number of piperidine rings is 1. The third kappa shape index (κ3) is 3.73. The molecule has 1 aromatic carbocycles. The van der Waals surface area contributed by atoms with E-state index in [2.05, 4.69) is 6.92 Å². The Bertz CT molecular complexity index is 901. The summed E-state index contributed by atoms with van der Waals surface area (Å²) in [5.74, 6) is 0.586. The maximum absolute atomic E-state index is 12.5. The number of benzene rings is 1. The average Bonchev–Trinajstić information content (AvgIpc) is 2.93. The summed E-state index contributed by atoms with van der Waals surface area (Å²) in [6, 6.07) is 5.86. The summed E-state index contributed by atoms with van der Waals surface area (Å²) in [5.41, 5.74) is 2.29. The highest BCUT2D eigenvalue weighted by molar-refractivity contribution is 5.83. The Morgan fingerprint density at radius 2 is 1.96 bits per heavy atom. The van der Waals surface area contributed by atoms with Crippen LogP contribution in [0.15, 0.2) is 27.4 Å². The van der Waals surface area contributed by atoms with Gasteiger partial charge in [0.05, 0.1) is 0 Å². The first-order chi connectivity index (χ1) is 13.1. The second-order valence-electron chi connectivity index (χ2n) is 7.79. The van der Waals surface area contributed by atoms with Crippen LogP contribution in [0.3, 0.4) is 0 Å². The molecule has 27 heavy (non-hydrogen) atoms. The number of carbonyl (C=O) groups excluding carboxylic acids is 1. The van der Waals surface area contributed by atoms with Crippen molar-refractivity contribution in [3.63, 3.8) is 0 Å². The smallest absolute Gasteiger partial charge is 0.339 e. The van der Waals surface area contributed by atoms with Crippen molar-refractivity contribution in [2.24, 2.45) is 0 Å². The summed E-state index contributed by atoms with van der Waals surface area (Å²) < 4.78 is 11.3. The van der Waals surface area contributed by atoms with Crippen LogP contribution in [-0.2, 0) is 17.6 Å². The van der Waals surface area contributed by atoms with Crippen molar-refractivity contribution in [3.05, 3.63) is 39.7 Å². The highest BCUT2D eigenvalue weighted by atomic mass is 16.5. The van der Waals surface area contributed by atoms with Gasteiger partial charge in [-0.05, 0) is 69.6 Å². The van der Waals surface area contributed by atoms with E-state index < -0.39 is 0 Å². The van der Waals surface area contributed by atoms with Crippen molar-refractivity contribution >= 4 is 16.9 Å². The molecule has 1 aromatic heterocycles. The molecule has 1 atom stereocenters. The Hall–Kier alpha value is -2.30. The molecule has 0 radical (unpaired) electrons. The van der Waals surface area contributed by atoms with Crippen LogP contribution in [-0.4, -0.2) is 30.0 Å². The minimum absolute atomic E-state index is 0.0189. The van der Waals surface area contributed by atoms with Crippen molar-refractivity contribution in [2.45, 2.75) is 64.3 Å². The fraction of sp³-hybridized carbons (Fsp3) is 0.545. The molecular weight excluding hydrogens is 342 g/mol. The van der Waals surface area contributed by atoms with E-state index in [1.807, 2.05) is 17.0 Å². The molecule has 0 spiro atoms. The zero-order chi connectivity index (χ0) is 18.8. The zero-order valence-electron chi connectivity index (χ0n) is 16.0. The van der Waals surface area contributed by atoms with Gasteiger partial charge in [0.25, 0.3) is 5.91 Å². The molecule has 1 saturated heterocycles. The predicted octanol–water partition coefficient (Wildman–Crippen LogP) is 3.84. The Morgan fingerprint density at radius 1 is 1.15 bits per heavy atom. The van der Waals surface area contributed by atoms with Crippen molar-refractivity contribution in [1.82, 2.24) is 4.90 Å². The molecular formula is C22H27NO4. The molecule has 2 aromatic rings. The van der Waals surface area contributed by atoms with E-state index in [-0.39, 0.29) is 24.2 Å². The van der Waals surface area contributed by atoms with Gasteiger partial charge in [-0.25, -0.2) is 4.79 Å². The summed E-state index contributed by atoms with van der Waals surface area (Å²) >= 11 is 0. The number of likely N-dealkylation sites (tertiary alicyclic amines) is 1. The van der Waals surface area contributed by atoms with Gasteiger partial charge >= 0.3 is 5.63 Å². The predicted molar refractivity (Wildman–Crippen MR) is 104 cm³/mol. The monoisotopic (exact) mass is 369 g/mol. The molecule has 4 rings (SSSR count). The molecule has 1 amide bonds. The van der Waals surface area contributed by atoms with E-state index >= 15 is 0 Å². The molecule has 2 aliphatic rings. The highest BCUT2D eigenvalue weighted by Crippen LogP contribution is 2.28. The third-order valence-corrected chi connectivity index (χ3v) is 5.93. The Labute approximate surface area is 159 Å². The van der Waals surface area contributed by atoms with Crippen molar-refractivity contribution in [1.29, 1.82) is 0 Å². The van der Waals surface area contributed by atoms with Crippen LogP contribution in [0.25, 0.3) is 11.0 Å². The summed E-state index contributed by atoms with van der Waals surface area (Å²) in [5, 5.41) is 0.995. The third-order valence-electron chi connectivity index (χ3n) is 5.93.